The van der Waals surface area contributed by atoms with Crippen molar-refractivity contribution in [3.8, 4) is 0 Å². The highest BCUT2D eigenvalue weighted by Crippen LogP contribution is 2.29. The van der Waals surface area contributed by atoms with Gasteiger partial charge in [0, 0.05) is 13.0 Å². The summed E-state index contributed by atoms with van der Waals surface area (Å²) in [5, 5.41) is 17.6. The highest BCUT2D eigenvalue weighted by Gasteiger charge is 2.46. The monoisotopic (exact) mass is 327 g/mol. The van der Waals surface area contributed by atoms with Crippen LogP contribution in [0.5, 0.6) is 0 Å². The third-order valence-corrected chi connectivity index (χ3v) is 7.86. The molecule has 2 heterocycles. The summed E-state index contributed by atoms with van der Waals surface area (Å²) in [6, 6.07) is -1.27. The lowest BCUT2D eigenvalue weighted by molar-refractivity contribution is -0.140. The number of rotatable bonds is 3. The molecular formula is C10H17NO7S2. The number of hydrogen-bond acceptors (Lipinski definition) is 6. The maximum atomic E-state index is 12.4. The van der Waals surface area contributed by atoms with Gasteiger partial charge >= 0.3 is 5.97 Å². The molecule has 0 saturated carbocycles. The Hall–Kier alpha value is -0.710. The molecule has 0 bridgehead atoms. The predicted molar refractivity (Wildman–Crippen MR) is 69.3 cm³/mol. The predicted octanol–water partition coefficient (Wildman–Crippen LogP) is -1.59. The molecule has 2 N–H and O–H groups in total. The zero-order valence-corrected chi connectivity index (χ0v) is 12.3. The molecule has 0 amide bonds. The van der Waals surface area contributed by atoms with Gasteiger partial charge in [0.1, 0.15) is 15.9 Å². The van der Waals surface area contributed by atoms with E-state index in [4.69, 9.17) is 5.11 Å². The van der Waals surface area contributed by atoms with Gasteiger partial charge in [-0.05, 0) is 12.8 Å². The van der Waals surface area contributed by atoms with Gasteiger partial charge < -0.3 is 10.2 Å². The molecule has 8 nitrogen and oxygen atoms in total. The van der Waals surface area contributed by atoms with Crippen molar-refractivity contribution in [3.05, 3.63) is 0 Å². The Kier molecular flexibility index (Phi) is 4.11. The largest absolute Gasteiger partial charge is 0.480 e. The van der Waals surface area contributed by atoms with Crippen LogP contribution in [0, 0.1) is 0 Å². The van der Waals surface area contributed by atoms with Crippen LogP contribution in [-0.4, -0.2) is 72.8 Å². The maximum absolute atomic E-state index is 12.4. The zero-order chi connectivity index (χ0) is 15.1. The van der Waals surface area contributed by atoms with Gasteiger partial charge in [0.25, 0.3) is 0 Å². The van der Waals surface area contributed by atoms with Crippen LogP contribution in [0.15, 0.2) is 0 Å². The third kappa shape index (κ3) is 2.97. The van der Waals surface area contributed by atoms with Gasteiger partial charge in [-0.3, -0.25) is 4.79 Å². The fourth-order valence-corrected chi connectivity index (χ4v) is 6.56. The standard InChI is InChI=1S/C10H17NO7S2/c12-7-5-9(10(13)14)11(6-7)20(17,18)8-1-3-19(15,16)4-2-8/h7-9,12H,1-6H2,(H,13,14)/t7-,9-/m0/s1. The van der Waals surface area contributed by atoms with Crippen molar-refractivity contribution < 1.29 is 31.8 Å². The average molecular weight is 327 g/mol. The minimum Gasteiger partial charge on any atom is -0.480 e. The van der Waals surface area contributed by atoms with Gasteiger partial charge in [-0.1, -0.05) is 0 Å². The van der Waals surface area contributed by atoms with E-state index in [2.05, 4.69) is 0 Å². The Bertz CT molecular complexity index is 583. The zero-order valence-electron chi connectivity index (χ0n) is 10.7. The Labute approximate surface area is 117 Å². The molecule has 10 heteroatoms. The maximum Gasteiger partial charge on any atom is 0.322 e. The summed E-state index contributed by atoms with van der Waals surface area (Å²) in [4.78, 5) is 11.1. The van der Waals surface area contributed by atoms with E-state index in [0.29, 0.717) is 0 Å². The summed E-state index contributed by atoms with van der Waals surface area (Å²) in [6.45, 7) is -0.247. The molecule has 0 aromatic carbocycles. The minimum absolute atomic E-state index is 0.0242. The fraction of sp³-hybridized carbons (Fsp3) is 0.900. The van der Waals surface area contributed by atoms with Crippen molar-refractivity contribution in [2.75, 3.05) is 18.1 Å². The molecule has 0 aromatic rings. The number of carboxylic acids is 1. The molecule has 116 valence electrons. The van der Waals surface area contributed by atoms with E-state index in [9.17, 15) is 26.7 Å². The molecular weight excluding hydrogens is 310 g/mol. The molecule has 2 atom stereocenters. The van der Waals surface area contributed by atoms with Crippen molar-refractivity contribution in [1.29, 1.82) is 0 Å². The summed E-state index contributed by atoms with van der Waals surface area (Å²) in [7, 11) is -7.10. The van der Waals surface area contributed by atoms with Crippen molar-refractivity contribution >= 4 is 25.8 Å². The van der Waals surface area contributed by atoms with Gasteiger partial charge in [0.05, 0.1) is 22.9 Å². The van der Waals surface area contributed by atoms with Crippen LogP contribution in [0.3, 0.4) is 0 Å². The Morgan fingerprint density at radius 3 is 2.25 bits per heavy atom. The summed E-state index contributed by atoms with van der Waals surface area (Å²) < 4.78 is 48.3. The van der Waals surface area contributed by atoms with Crippen LogP contribution < -0.4 is 0 Å². The summed E-state index contributed by atoms with van der Waals surface area (Å²) >= 11 is 0. The van der Waals surface area contributed by atoms with E-state index >= 15 is 0 Å². The number of carbonyl (C=O) groups is 1. The van der Waals surface area contributed by atoms with Gasteiger partial charge in [-0.15, -0.1) is 0 Å². The third-order valence-electron chi connectivity index (χ3n) is 3.77. The highest BCUT2D eigenvalue weighted by molar-refractivity contribution is 7.92. The van der Waals surface area contributed by atoms with Crippen LogP contribution in [0.2, 0.25) is 0 Å². The number of β-amino-alcohol motifs (C(OH)–C–C–N with tert-alkyl or cyclic N) is 1. The second-order valence-corrected chi connectivity index (χ2v) is 9.68. The average Bonchev–Trinajstić information content (AvgIpc) is 2.71. The molecule has 0 radical (unpaired) electrons. The number of carboxylic acid groups (broad SMARTS) is 1. The molecule has 20 heavy (non-hydrogen) atoms. The van der Waals surface area contributed by atoms with Crippen LogP contribution >= 0.6 is 0 Å². The summed E-state index contributed by atoms with van der Waals surface area (Å²) in [5.41, 5.74) is 0. The van der Waals surface area contributed by atoms with Crippen molar-refractivity contribution in [1.82, 2.24) is 4.31 Å². The molecule has 0 aliphatic carbocycles. The lowest BCUT2D eigenvalue weighted by Crippen LogP contribution is -2.47. The quantitative estimate of drug-likeness (QED) is 0.639. The first kappa shape index (κ1) is 15.7. The van der Waals surface area contributed by atoms with E-state index < -0.39 is 43.2 Å². The molecule has 2 rings (SSSR count). The Morgan fingerprint density at radius 1 is 1.20 bits per heavy atom. The van der Waals surface area contributed by atoms with Crippen molar-refractivity contribution in [2.45, 2.75) is 36.7 Å². The van der Waals surface area contributed by atoms with Crippen LogP contribution in [-0.2, 0) is 24.7 Å². The molecule has 2 aliphatic rings. The van der Waals surface area contributed by atoms with E-state index in [1.54, 1.807) is 0 Å². The molecule has 2 fully saturated rings. The van der Waals surface area contributed by atoms with Crippen molar-refractivity contribution in [3.63, 3.8) is 0 Å². The smallest absolute Gasteiger partial charge is 0.322 e. The molecule has 0 aromatic heterocycles. The second-order valence-electron chi connectivity index (χ2n) is 5.21. The number of nitrogens with zero attached hydrogens (tertiary/aromatic N) is 1. The van der Waals surface area contributed by atoms with Gasteiger partial charge in [0.2, 0.25) is 10.0 Å². The Morgan fingerprint density at radius 2 is 1.75 bits per heavy atom. The highest BCUT2D eigenvalue weighted by atomic mass is 32.2. The molecule has 2 aliphatic heterocycles. The number of hydrogen-bond donors (Lipinski definition) is 2. The topological polar surface area (TPSA) is 129 Å². The first-order valence-corrected chi connectivity index (χ1v) is 9.58. The summed E-state index contributed by atoms with van der Waals surface area (Å²) in [6.07, 6.45) is -1.19. The number of aliphatic hydroxyl groups excluding tert-OH is 1. The molecule has 0 spiro atoms. The lowest BCUT2D eigenvalue weighted by atomic mass is 10.2. The minimum atomic E-state index is -3.91. The second kappa shape index (κ2) is 5.24. The van der Waals surface area contributed by atoms with E-state index in [1.807, 2.05) is 0 Å². The van der Waals surface area contributed by atoms with Crippen LogP contribution in [0.1, 0.15) is 19.3 Å². The van der Waals surface area contributed by atoms with E-state index in [1.165, 1.54) is 0 Å². The van der Waals surface area contributed by atoms with E-state index in [0.717, 1.165) is 4.31 Å². The van der Waals surface area contributed by atoms with Crippen LogP contribution in [0.25, 0.3) is 0 Å². The molecule has 0 unspecified atom stereocenters. The number of sulfonamides is 1. The van der Waals surface area contributed by atoms with Crippen LogP contribution in [0.4, 0.5) is 0 Å². The Balaban J connectivity index is 2.20. The fourth-order valence-electron chi connectivity index (χ4n) is 2.65. The molecule has 2 saturated heterocycles. The normalized spacial score (nSPS) is 32.2. The number of aliphatic hydroxyl groups is 1. The van der Waals surface area contributed by atoms with Gasteiger partial charge in [-0.2, -0.15) is 4.31 Å². The van der Waals surface area contributed by atoms with Gasteiger partial charge in [0.15, 0.2) is 0 Å². The number of aliphatic carboxylic acids is 1. The van der Waals surface area contributed by atoms with Crippen molar-refractivity contribution in [2.24, 2.45) is 0 Å². The van der Waals surface area contributed by atoms with Gasteiger partial charge in [-0.25, -0.2) is 16.8 Å². The summed E-state index contributed by atoms with van der Waals surface area (Å²) in [5.74, 6) is -1.70. The lowest BCUT2D eigenvalue weighted by Gasteiger charge is -2.28. The number of sulfone groups is 1. The van der Waals surface area contributed by atoms with E-state index in [-0.39, 0.29) is 37.3 Å². The SMILES string of the molecule is O=C(O)[C@@H]1C[C@H](O)CN1S(=O)(=O)C1CCS(=O)(=O)CC1. The first-order valence-electron chi connectivity index (χ1n) is 6.25. The first-order chi connectivity index (χ1) is 9.13.